The average Bonchev–Trinajstić information content (AvgIpc) is 2.88. The first-order chi connectivity index (χ1) is 9.70. The van der Waals surface area contributed by atoms with Gasteiger partial charge in [0.15, 0.2) is 0 Å². The van der Waals surface area contributed by atoms with Crippen LogP contribution in [0.1, 0.15) is 26.6 Å². The van der Waals surface area contributed by atoms with Crippen molar-refractivity contribution in [2.24, 2.45) is 5.73 Å². The van der Waals surface area contributed by atoms with Gasteiger partial charge in [0.2, 0.25) is 0 Å². The Kier molecular flexibility index (Phi) is 4.88. The van der Waals surface area contributed by atoms with Crippen LogP contribution >= 0.6 is 11.3 Å². The van der Waals surface area contributed by atoms with E-state index in [9.17, 15) is 4.79 Å². The van der Waals surface area contributed by atoms with Crippen LogP contribution in [0, 0.1) is 18.8 Å². The maximum absolute atomic E-state index is 12.2. The molecule has 0 saturated carbocycles. The number of thiazole rings is 1. The predicted molar refractivity (Wildman–Crippen MR) is 80.4 cm³/mol. The van der Waals surface area contributed by atoms with Gasteiger partial charge in [-0.2, -0.15) is 0 Å². The molecule has 2 aromatic rings. The molecule has 0 unspecified atom stereocenters. The van der Waals surface area contributed by atoms with Gasteiger partial charge in [-0.1, -0.05) is 24.0 Å². The highest BCUT2D eigenvalue weighted by Crippen LogP contribution is 2.10. The summed E-state index contributed by atoms with van der Waals surface area (Å²) in [6, 6.07) is 7.23. The number of amides is 1. The van der Waals surface area contributed by atoms with Crippen molar-refractivity contribution in [1.82, 2.24) is 10.3 Å². The van der Waals surface area contributed by atoms with Crippen molar-refractivity contribution in [3.8, 4) is 11.8 Å². The molecule has 3 N–H and O–H groups in total. The number of aryl methyl sites for hydroxylation is 1. The molecule has 4 nitrogen and oxygen atoms in total. The second kappa shape index (κ2) is 6.85. The van der Waals surface area contributed by atoms with E-state index in [0.29, 0.717) is 17.7 Å². The normalized spacial score (nSPS) is 9.70. The van der Waals surface area contributed by atoms with Crippen molar-refractivity contribution >= 4 is 17.2 Å². The Labute approximate surface area is 122 Å². The van der Waals surface area contributed by atoms with Gasteiger partial charge >= 0.3 is 0 Å². The van der Waals surface area contributed by atoms with Crippen molar-refractivity contribution in [1.29, 1.82) is 0 Å². The quantitative estimate of drug-likeness (QED) is 0.843. The number of rotatable bonds is 3. The minimum Gasteiger partial charge on any atom is -0.346 e. The lowest BCUT2D eigenvalue weighted by Gasteiger charge is -2.05. The maximum atomic E-state index is 12.2. The highest BCUT2D eigenvalue weighted by Gasteiger charge is 2.09. The molecule has 1 amide bonds. The second-order valence-electron chi connectivity index (χ2n) is 4.09. The van der Waals surface area contributed by atoms with Crippen molar-refractivity contribution in [3.63, 3.8) is 0 Å². The monoisotopic (exact) mass is 285 g/mol. The highest BCUT2D eigenvalue weighted by atomic mass is 32.1. The Morgan fingerprint density at radius 2 is 2.25 bits per heavy atom. The van der Waals surface area contributed by atoms with Gasteiger partial charge in [0.25, 0.3) is 5.91 Å². The van der Waals surface area contributed by atoms with E-state index in [1.54, 1.807) is 17.4 Å². The van der Waals surface area contributed by atoms with Crippen LogP contribution in [0.25, 0.3) is 0 Å². The summed E-state index contributed by atoms with van der Waals surface area (Å²) in [5.74, 6) is 5.52. The summed E-state index contributed by atoms with van der Waals surface area (Å²) >= 11 is 1.57. The molecule has 102 valence electrons. The van der Waals surface area contributed by atoms with Crippen LogP contribution in [-0.2, 0) is 6.54 Å². The summed E-state index contributed by atoms with van der Waals surface area (Å²) in [4.78, 5) is 16.5. The predicted octanol–water partition coefficient (Wildman–Crippen LogP) is 1.69. The smallest absolute Gasteiger partial charge is 0.252 e. The van der Waals surface area contributed by atoms with E-state index < -0.39 is 0 Å². The molecule has 0 radical (unpaired) electrons. The minimum absolute atomic E-state index is 0.155. The molecule has 1 aromatic heterocycles. The van der Waals surface area contributed by atoms with Gasteiger partial charge in [0.05, 0.1) is 29.4 Å². The molecule has 0 bridgehead atoms. The van der Waals surface area contributed by atoms with Gasteiger partial charge in [0, 0.05) is 10.9 Å². The van der Waals surface area contributed by atoms with Crippen molar-refractivity contribution < 1.29 is 4.79 Å². The second-order valence-corrected chi connectivity index (χ2v) is 5.15. The van der Waals surface area contributed by atoms with Crippen LogP contribution < -0.4 is 11.1 Å². The van der Waals surface area contributed by atoms with Crippen molar-refractivity contribution in [2.75, 3.05) is 6.54 Å². The van der Waals surface area contributed by atoms with Crippen LogP contribution in [0.2, 0.25) is 0 Å². The summed E-state index contributed by atoms with van der Waals surface area (Å²) in [5.41, 5.74) is 7.47. The lowest BCUT2D eigenvalue weighted by molar-refractivity contribution is 0.0950. The summed E-state index contributed by atoms with van der Waals surface area (Å²) in [5, 5.41) is 5.78. The summed E-state index contributed by atoms with van der Waals surface area (Å²) in [6.45, 7) is 2.63. The molecule has 0 fully saturated rings. The number of carbonyl (C=O) groups excluding carboxylic acids is 1. The first kappa shape index (κ1) is 14.3. The topological polar surface area (TPSA) is 68.0 Å². The molecule has 5 heteroatoms. The Morgan fingerprint density at radius 3 is 2.95 bits per heavy atom. The molecular formula is C15H15N3OS. The fourth-order valence-electron chi connectivity index (χ4n) is 1.69. The van der Waals surface area contributed by atoms with Gasteiger partial charge in [0.1, 0.15) is 0 Å². The fraction of sp³-hybridized carbons (Fsp3) is 0.200. The number of carbonyl (C=O) groups is 1. The number of nitrogens with one attached hydrogen (secondary N) is 1. The number of hydrogen-bond donors (Lipinski definition) is 2. The standard InChI is InChI=1S/C15H15N3OS/c1-11-18-13(10-20-11)9-17-15(19)14-7-3-2-5-12(14)6-4-8-16/h2-3,5,7,10H,8-9,16H2,1H3,(H,17,19). The van der Waals surface area contributed by atoms with E-state index in [-0.39, 0.29) is 12.5 Å². The summed E-state index contributed by atoms with van der Waals surface area (Å²) in [6.07, 6.45) is 0. The Bertz CT molecular complexity index is 667. The average molecular weight is 285 g/mol. The zero-order valence-electron chi connectivity index (χ0n) is 11.1. The zero-order chi connectivity index (χ0) is 14.4. The highest BCUT2D eigenvalue weighted by molar-refractivity contribution is 7.09. The van der Waals surface area contributed by atoms with E-state index in [0.717, 1.165) is 10.7 Å². The van der Waals surface area contributed by atoms with Crippen molar-refractivity contribution in [2.45, 2.75) is 13.5 Å². The molecule has 0 aliphatic rings. The molecule has 0 saturated heterocycles. The molecule has 0 atom stereocenters. The molecule has 0 aliphatic heterocycles. The Balaban J connectivity index is 2.09. The van der Waals surface area contributed by atoms with E-state index in [4.69, 9.17) is 5.73 Å². The van der Waals surface area contributed by atoms with E-state index in [2.05, 4.69) is 22.1 Å². The SMILES string of the molecule is Cc1nc(CNC(=O)c2ccccc2C#CCN)cs1. The lowest BCUT2D eigenvalue weighted by atomic mass is 10.1. The van der Waals surface area contributed by atoms with Crippen LogP contribution in [0.5, 0.6) is 0 Å². The lowest BCUT2D eigenvalue weighted by Crippen LogP contribution is -2.23. The first-order valence-corrected chi connectivity index (χ1v) is 7.06. The van der Waals surface area contributed by atoms with Gasteiger partial charge in [-0.25, -0.2) is 4.98 Å². The first-order valence-electron chi connectivity index (χ1n) is 6.18. The van der Waals surface area contributed by atoms with Gasteiger partial charge in [-0.3, -0.25) is 4.79 Å². The Morgan fingerprint density at radius 1 is 1.45 bits per heavy atom. The summed E-state index contributed by atoms with van der Waals surface area (Å²) < 4.78 is 0. The van der Waals surface area contributed by atoms with Crippen molar-refractivity contribution in [3.05, 3.63) is 51.5 Å². The number of nitrogens with two attached hydrogens (primary N) is 1. The van der Waals surface area contributed by atoms with E-state index in [1.165, 1.54) is 0 Å². The molecule has 2 rings (SSSR count). The number of benzene rings is 1. The van der Waals surface area contributed by atoms with E-state index in [1.807, 2.05) is 30.5 Å². The number of nitrogens with zero attached hydrogens (tertiary/aromatic N) is 1. The number of hydrogen-bond acceptors (Lipinski definition) is 4. The maximum Gasteiger partial charge on any atom is 0.252 e. The fourth-order valence-corrected chi connectivity index (χ4v) is 2.30. The third-order valence-electron chi connectivity index (χ3n) is 2.59. The van der Waals surface area contributed by atoms with Gasteiger partial charge in [-0.15, -0.1) is 11.3 Å². The molecule has 1 aromatic carbocycles. The molecule has 0 spiro atoms. The zero-order valence-corrected chi connectivity index (χ0v) is 12.0. The van der Waals surface area contributed by atoms with E-state index >= 15 is 0 Å². The van der Waals surface area contributed by atoms with Gasteiger partial charge < -0.3 is 11.1 Å². The van der Waals surface area contributed by atoms with Crippen LogP contribution in [0.15, 0.2) is 29.6 Å². The van der Waals surface area contributed by atoms with Crippen LogP contribution in [0.4, 0.5) is 0 Å². The minimum atomic E-state index is -0.155. The Hall–Kier alpha value is -2.16. The third-order valence-corrected chi connectivity index (χ3v) is 3.42. The largest absolute Gasteiger partial charge is 0.346 e. The van der Waals surface area contributed by atoms with Gasteiger partial charge in [-0.05, 0) is 19.1 Å². The molecule has 20 heavy (non-hydrogen) atoms. The third kappa shape index (κ3) is 3.67. The van der Waals surface area contributed by atoms with Crippen LogP contribution in [-0.4, -0.2) is 17.4 Å². The molecule has 1 heterocycles. The van der Waals surface area contributed by atoms with Crippen LogP contribution in [0.3, 0.4) is 0 Å². The molecule has 0 aliphatic carbocycles. The summed E-state index contributed by atoms with van der Waals surface area (Å²) in [7, 11) is 0. The molecular weight excluding hydrogens is 270 g/mol. The number of aromatic nitrogens is 1.